The van der Waals surface area contributed by atoms with Crippen molar-refractivity contribution in [2.45, 2.75) is 20.0 Å². The number of benzene rings is 2. The van der Waals surface area contributed by atoms with E-state index in [1.807, 2.05) is 47.0 Å². The Balaban J connectivity index is 1.63. The summed E-state index contributed by atoms with van der Waals surface area (Å²) >= 11 is 0. The van der Waals surface area contributed by atoms with Crippen LogP contribution >= 0.6 is 0 Å². The van der Waals surface area contributed by atoms with Crippen molar-refractivity contribution >= 4 is 22.9 Å². The zero-order chi connectivity index (χ0) is 19.5. The third-order valence-corrected chi connectivity index (χ3v) is 4.44. The van der Waals surface area contributed by atoms with E-state index in [1.165, 1.54) is 16.6 Å². The van der Waals surface area contributed by atoms with E-state index in [-0.39, 0.29) is 18.3 Å². The second-order valence-corrected chi connectivity index (χ2v) is 6.36. The number of nitrogens with zero attached hydrogens (tertiary/aromatic N) is 6. The van der Waals surface area contributed by atoms with Gasteiger partial charge in [0, 0.05) is 0 Å². The highest BCUT2D eigenvalue weighted by Gasteiger charge is 2.15. The van der Waals surface area contributed by atoms with E-state index in [4.69, 9.17) is 5.26 Å². The van der Waals surface area contributed by atoms with Gasteiger partial charge in [-0.15, -0.1) is 5.10 Å². The number of amides is 1. The lowest BCUT2D eigenvalue weighted by atomic mass is 10.1. The van der Waals surface area contributed by atoms with Crippen LogP contribution in [0.1, 0.15) is 17.0 Å². The smallest absolute Gasteiger partial charge is 0.252 e. The Morgan fingerprint density at radius 3 is 2.75 bits per heavy atom. The van der Waals surface area contributed by atoms with Gasteiger partial charge in [0.05, 0.1) is 17.6 Å². The van der Waals surface area contributed by atoms with Crippen LogP contribution in [0.2, 0.25) is 0 Å². The maximum absolute atomic E-state index is 12.5. The monoisotopic (exact) mass is 371 g/mol. The van der Waals surface area contributed by atoms with E-state index >= 15 is 0 Å². The quantitative estimate of drug-likeness (QED) is 0.581. The molecule has 0 radical (unpaired) electrons. The summed E-state index contributed by atoms with van der Waals surface area (Å²) in [5.74, 6) is 0.199. The number of imidazole rings is 1. The van der Waals surface area contributed by atoms with Crippen LogP contribution in [-0.2, 0) is 17.9 Å². The van der Waals surface area contributed by atoms with Gasteiger partial charge < -0.3 is 4.57 Å². The predicted molar refractivity (Wildman–Crippen MR) is 103 cm³/mol. The zero-order valence-electron chi connectivity index (χ0n) is 15.2. The van der Waals surface area contributed by atoms with Crippen LogP contribution in [-0.4, -0.2) is 30.2 Å². The molecule has 0 fully saturated rings. The van der Waals surface area contributed by atoms with Crippen molar-refractivity contribution in [2.75, 3.05) is 5.32 Å². The third-order valence-electron chi connectivity index (χ3n) is 4.44. The van der Waals surface area contributed by atoms with Gasteiger partial charge in [0.1, 0.15) is 18.9 Å². The van der Waals surface area contributed by atoms with Gasteiger partial charge in [-0.25, -0.2) is 14.6 Å². The first-order valence-electron chi connectivity index (χ1n) is 8.73. The number of para-hydroxylation sites is 2. The van der Waals surface area contributed by atoms with E-state index in [9.17, 15) is 4.79 Å². The van der Waals surface area contributed by atoms with Crippen LogP contribution < -0.4 is 5.32 Å². The molecule has 8 heteroatoms. The van der Waals surface area contributed by atoms with Gasteiger partial charge in [0.2, 0.25) is 11.9 Å². The van der Waals surface area contributed by atoms with Gasteiger partial charge in [-0.1, -0.05) is 36.4 Å². The molecule has 138 valence electrons. The molecule has 0 spiro atoms. The Hall–Kier alpha value is -3.99. The highest BCUT2D eigenvalue weighted by molar-refractivity contribution is 5.91. The normalized spacial score (nSPS) is 10.7. The lowest BCUT2D eigenvalue weighted by Crippen LogP contribution is -2.21. The lowest BCUT2D eigenvalue weighted by molar-refractivity contribution is -0.117. The second kappa shape index (κ2) is 7.32. The first-order chi connectivity index (χ1) is 13.6. The molecule has 0 aliphatic rings. The minimum absolute atomic E-state index is 0.0274. The van der Waals surface area contributed by atoms with Crippen LogP contribution in [0.4, 0.5) is 5.95 Å². The Morgan fingerprint density at radius 2 is 1.96 bits per heavy atom. The Bertz CT molecular complexity index is 1200. The number of anilines is 1. The fourth-order valence-electron chi connectivity index (χ4n) is 3.02. The van der Waals surface area contributed by atoms with E-state index in [2.05, 4.69) is 39.4 Å². The number of hydrogen-bond donors (Lipinski definition) is 1. The molecular formula is C20H17N7O. The minimum atomic E-state index is -0.296. The molecular weight excluding hydrogens is 354 g/mol. The number of aromatic nitrogens is 5. The van der Waals surface area contributed by atoms with Crippen LogP contribution in [0, 0.1) is 18.3 Å². The average molecular weight is 371 g/mol. The molecule has 0 saturated carbocycles. The van der Waals surface area contributed by atoms with Gasteiger partial charge in [-0.3, -0.25) is 10.1 Å². The summed E-state index contributed by atoms with van der Waals surface area (Å²) in [4.78, 5) is 20.9. The summed E-state index contributed by atoms with van der Waals surface area (Å²) in [6.45, 7) is 2.59. The zero-order valence-corrected chi connectivity index (χ0v) is 15.2. The summed E-state index contributed by atoms with van der Waals surface area (Å²) in [6.07, 6.45) is 1.36. The van der Waals surface area contributed by atoms with Crippen molar-refractivity contribution in [3.63, 3.8) is 0 Å². The van der Waals surface area contributed by atoms with Gasteiger partial charge >= 0.3 is 0 Å². The van der Waals surface area contributed by atoms with Crippen molar-refractivity contribution in [1.82, 2.24) is 24.3 Å². The number of hydrogen-bond acceptors (Lipinski definition) is 5. The molecule has 4 aromatic rings. The maximum Gasteiger partial charge on any atom is 0.252 e. The van der Waals surface area contributed by atoms with Crippen molar-refractivity contribution < 1.29 is 4.79 Å². The first-order valence-corrected chi connectivity index (χ1v) is 8.73. The standard InChI is InChI=1S/C20H17N7O/c1-14-6-2-3-7-15(14)11-27-17-9-5-4-8-16(17)23-20(27)24-19(28)12-26-13-22-18(10-21)25-26/h2-9,13H,11-12H2,1H3,(H,23,24,28). The lowest BCUT2D eigenvalue weighted by Gasteiger charge is -2.12. The molecule has 2 aromatic heterocycles. The Morgan fingerprint density at radius 1 is 1.18 bits per heavy atom. The van der Waals surface area contributed by atoms with Crippen molar-refractivity contribution in [3.05, 3.63) is 71.8 Å². The molecule has 1 N–H and O–H groups in total. The second-order valence-electron chi connectivity index (χ2n) is 6.36. The topological polar surface area (TPSA) is 101 Å². The number of nitriles is 1. The molecule has 0 atom stereocenters. The molecule has 1 amide bonds. The minimum Gasteiger partial charge on any atom is -0.305 e. The summed E-state index contributed by atoms with van der Waals surface area (Å²) in [5.41, 5.74) is 4.06. The number of aryl methyl sites for hydroxylation is 1. The number of rotatable bonds is 5. The van der Waals surface area contributed by atoms with Crippen LogP contribution in [0.25, 0.3) is 11.0 Å². The maximum atomic E-state index is 12.5. The van der Waals surface area contributed by atoms with E-state index in [0.29, 0.717) is 12.5 Å². The molecule has 28 heavy (non-hydrogen) atoms. The molecule has 0 aliphatic carbocycles. The van der Waals surface area contributed by atoms with Gasteiger partial charge in [-0.05, 0) is 30.2 Å². The van der Waals surface area contributed by atoms with Crippen LogP contribution in [0.3, 0.4) is 0 Å². The highest BCUT2D eigenvalue weighted by Crippen LogP contribution is 2.22. The van der Waals surface area contributed by atoms with E-state index in [1.54, 1.807) is 0 Å². The molecule has 0 saturated heterocycles. The number of fused-ring (bicyclic) bond motifs is 1. The number of nitrogens with one attached hydrogen (secondary N) is 1. The average Bonchev–Trinajstić information content (AvgIpc) is 3.28. The predicted octanol–water partition coefficient (Wildman–Crippen LogP) is 2.49. The highest BCUT2D eigenvalue weighted by atomic mass is 16.2. The Kier molecular flexibility index (Phi) is 4.56. The van der Waals surface area contributed by atoms with Crippen molar-refractivity contribution in [2.24, 2.45) is 0 Å². The largest absolute Gasteiger partial charge is 0.305 e. The number of carbonyl (C=O) groups excluding carboxylic acids is 1. The fraction of sp³-hybridized carbons (Fsp3) is 0.150. The Labute approximate surface area is 161 Å². The molecule has 8 nitrogen and oxygen atoms in total. The SMILES string of the molecule is Cc1ccccc1Cn1c(NC(=O)Cn2cnc(C#N)n2)nc2ccccc21. The number of carbonyl (C=O) groups is 1. The molecule has 2 aromatic carbocycles. The summed E-state index contributed by atoms with van der Waals surface area (Å²) in [7, 11) is 0. The molecule has 0 aliphatic heterocycles. The molecule has 2 heterocycles. The summed E-state index contributed by atoms with van der Waals surface area (Å²) in [6, 6.07) is 17.7. The summed E-state index contributed by atoms with van der Waals surface area (Å²) in [5, 5.41) is 15.6. The van der Waals surface area contributed by atoms with Crippen molar-refractivity contribution in [1.29, 1.82) is 5.26 Å². The van der Waals surface area contributed by atoms with Gasteiger partial charge in [0.25, 0.3) is 5.82 Å². The van der Waals surface area contributed by atoms with Gasteiger partial charge in [0.15, 0.2) is 0 Å². The van der Waals surface area contributed by atoms with E-state index < -0.39 is 0 Å². The first kappa shape index (κ1) is 17.4. The van der Waals surface area contributed by atoms with E-state index in [0.717, 1.165) is 16.6 Å². The van der Waals surface area contributed by atoms with Gasteiger partial charge in [-0.2, -0.15) is 5.26 Å². The van der Waals surface area contributed by atoms with Crippen molar-refractivity contribution in [3.8, 4) is 6.07 Å². The van der Waals surface area contributed by atoms with Crippen LogP contribution in [0.5, 0.6) is 0 Å². The summed E-state index contributed by atoms with van der Waals surface area (Å²) < 4.78 is 3.31. The fourth-order valence-corrected chi connectivity index (χ4v) is 3.02. The van der Waals surface area contributed by atoms with Crippen LogP contribution in [0.15, 0.2) is 54.9 Å². The molecule has 0 bridgehead atoms. The molecule has 4 rings (SSSR count). The third kappa shape index (κ3) is 3.46. The molecule has 0 unspecified atom stereocenters.